The summed E-state index contributed by atoms with van der Waals surface area (Å²) in [4.78, 5) is 0. The monoisotopic (exact) mass is 215 g/mol. The molecule has 0 unspecified atom stereocenters. The van der Waals surface area contributed by atoms with Crippen molar-refractivity contribution in [3.8, 4) is 0 Å². The zero-order chi connectivity index (χ0) is 11.5. The van der Waals surface area contributed by atoms with Gasteiger partial charge in [-0.05, 0) is 19.9 Å². The molecular formula is C11H15F2NO. The lowest BCUT2D eigenvalue weighted by molar-refractivity contribution is 0.0794. The summed E-state index contributed by atoms with van der Waals surface area (Å²) >= 11 is 0. The zero-order valence-electron chi connectivity index (χ0n) is 8.85. The molecule has 1 aromatic rings. The Balaban J connectivity index is 2.55. The van der Waals surface area contributed by atoms with Crippen molar-refractivity contribution in [2.45, 2.75) is 26.0 Å². The minimum atomic E-state index is -0.857. The molecule has 0 fully saturated rings. The molecule has 0 aromatic heterocycles. The number of rotatable bonds is 4. The van der Waals surface area contributed by atoms with Crippen LogP contribution in [0.3, 0.4) is 0 Å². The van der Waals surface area contributed by atoms with E-state index in [9.17, 15) is 13.9 Å². The van der Waals surface area contributed by atoms with Gasteiger partial charge in [0.15, 0.2) is 11.6 Å². The van der Waals surface area contributed by atoms with E-state index in [-0.39, 0.29) is 12.1 Å². The summed E-state index contributed by atoms with van der Waals surface area (Å²) in [6.07, 6.45) is 0. The van der Waals surface area contributed by atoms with E-state index in [1.54, 1.807) is 13.8 Å². The van der Waals surface area contributed by atoms with Crippen LogP contribution in [0, 0.1) is 11.6 Å². The van der Waals surface area contributed by atoms with Gasteiger partial charge < -0.3 is 10.4 Å². The van der Waals surface area contributed by atoms with E-state index >= 15 is 0 Å². The average Bonchev–Trinajstić information content (AvgIpc) is 2.10. The number of aliphatic hydroxyl groups is 1. The SMILES string of the molecule is CC(C)(O)CNCc1cccc(F)c1F. The molecule has 1 aromatic carbocycles. The molecule has 0 amide bonds. The second-order valence-electron chi connectivity index (χ2n) is 4.13. The van der Waals surface area contributed by atoms with Crippen molar-refractivity contribution in [3.05, 3.63) is 35.4 Å². The van der Waals surface area contributed by atoms with Gasteiger partial charge in [0.05, 0.1) is 5.60 Å². The van der Waals surface area contributed by atoms with Crippen molar-refractivity contribution < 1.29 is 13.9 Å². The Kier molecular flexibility index (Phi) is 3.77. The second kappa shape index (κ2) is 4.68. The summed E-state index contributed by atoms with van der Waals surface area (Å²) in [5, 5.41) is 12.2. The van der Waals surface area contributed by atoms with Crippen LogP contribution in [0.15, 0.2) is 18.2 Å². The van der Waals surface area contributed by atoms with E-state index in [1.807, 2.05) is 0 Å². The minimum absolute atomic E-state index is 0.202. The van der Waals surface area contributed by atoms with Crippen LogP contribution in [0.25, 0.3) is 0 Å². The van der Waals surface area contributed by atoms with Crippen molar-refractivity contribution in [2.24, 2.45) is 0 Å². The molecule has 0 bridgehead atoms. The highest BCUT2D eigenvalue weighted by Crippen LogP contribution is 2.11. The largest absolute Gasteiger partial charge is 0.389 e. The van der Waals surface area contributed by atoms with Gasteiger partial charge in [0.1, 0.15) is 0 Å². The second-order valence-corrected chi connectivity index (χ2v) is 4.13. The van der Waals surface area contributed by atoms with Crippen LogP contribution in [0.1, 0.15) is 19.4 Å². The Morgan fingerprint density at radius 2 is 2.00 bits per heavy atom. The van der Waals surface area contributed by atoms with E-state index in [4.69, 9.17) is 0 Å². The average molecular weight is 215 g/mol. The molecule has 0 aliphatic heterocycles. The smallest absolute Gasteiger partial charge is 0.163 e. The lowest BCUT2D eigenvalue weighted by Gasteiger charge is -2.17. The van der Waals surface area contributed by atoms with Crippen molar-refractivity contribution in [3.63, 3.8) is 0 Å². The highest BCUT2D eigenvalue weighted by molar-refractivity contribution is 5.18. The van der Waals surface area contributed by atoms with Crippen LogP contribution in [0.2, 0.25) is 0 Å². The molecule has 0 spiro atoms. The molecule has 4 heteroatoms. The van der Waals surface area contributed by atoms with E-state index in [1.165, 1.54) is 12.1 Å². The van der Waals surface area contributed by atoms with Gasteiger partial charge in [-0.1, -0.05) is 12.1 Å². The Morgan fingerprint density at radius 3 is 2.60 bits per heavy atom. The minimum Gasteiger partial charge on any atom is -0.389 e. The van der Waals surface area contributed by atoms with Gasteiger partial charge in [-0.25, -0.2) is 8.78 Å². The van der Waals surface area contributed by atoms with Gasteiger partial charge in [0.2, 0.25) is 0 Å². The molecular weight excluding hydrogens is 200 g/mol. The maximum atomic E-state index is 13.1. The Labute approximate surface area is 87.9 Å². The third-order valence-electron chi connectivity index (χ3n) is 1.90. The van der Waals surface area contributed by atoms with Crippen LogP contribution < -0.4 is 5.32 Å². The van der Waals surface area contributed by atoms with Crippen LogP contribution in [-0.2, 0) is 6.54 Å². The van der Waals surface area contributed by atoms with Crippen LogP contribution in [0.4, 0.5) is 8.78 Å². The van der Waals surface area contributed by atoms with E-state index in [0.717, 1.165) is 6.07 Å². The first-order valence-electron chi connectivity index (χ1n) is 4.76. The lowest BCUT2D eigenvalue weighted by Crippen LogP contribution is -2.34. The molecule has 0 atom stereocenters. The summed E-state index contributed by atoms with van der Waals surface area (Å²) in [5.41, 5.74) is -0.594. The first kappa shape index (κ1) is 12.1. The third-order valence-corrected chi connectivity index (χ3v) is 1.90. The Bertz CT molecular complexity index is 334. The molecule has 0 heterocycles. The van der Waals surface area contributed by atoms with Crippen molar-refractivity contribution >= 4 is 0 Å². The van der Waals surface area contributed by atoms with Gasteiger partial charge in [-0.15, -0.1) is 0 Å². The van der Waals surface area contributed by atoms with Gasteiger partial charge in [-0.3, -0.25) is 0 Å². The molecule has 15 heavy (non-hydrogen) atoms. The van der Waals surface area contributed by atoms with Gasteiger partial charge in [0.25, 0.3) is 0 Å². The first-order valence-corrected chi connectivity index (χ1v) is 4.76. The molecule has 1 rings (SSSR count). The summed E-state index contributed by atoms with van der Waals surface area (Å²) in [5.74, 6) is -1.68. The molecule has 0 saturated carbocycles. The normalized spacial score (nSPS) is 11.8. The number of benzene rings is 1. The van der Waals surface area contributed by atoms with Crippen molar-refractivity contribution in [1.82, 2.24) is 5.32 Å². The highest BCUT2D eigenvalue weighted by Gasteiger charge is 2.12. The summed E-state index contributed by atoms with van der Waals surface area (Å²) in [6.45, 7) is 3.81. The summed E-state index contributed by atoms with van der Waals surface area (Å²) in [7, 11) is 0. The number of hydrogen-bond donors (Lipinski definition) is 2. The van der Waals surface area contributed by atoms with Crippen molar-refractivity contribution in [1.29, 1.82) is 0 Å². The fourth-order valence-corrected chi connectivity index (χ4v) is 1.19. The molecule has 0 aliphatic rings. The molecule has 2 N–H and O–H groups in total. The molecule has 84 valence electrons. The van der Waals surface area contributed by atoms with E-state index in [0.29, 0.717) is 6.54 Å². The molecule has 0 saturated heterocycles. The van der Waals surface area contributed by atoms with Gasteiger partial charge in [0, 0.05) is 18.7 Å². The van der Waals surface area contributed by atoms with Gasteiger partial charge >= 0.3 is 0 Å². The molecule has 0 radical (unpaired) electrons. The fourth-order valence-electron chi connectivity index (χ4n) is 1.19. The summed E-state index contributed by atoms with van der Waals surface area (Å²) in [6, 6.07) is 4.05. The topological polar surface area (TPSA) is 32.3 Å². The fraction of sp³-hybridized carbons (Fsp3) is 0.455. The van der Waals surface area contributed by atoms with Crippen LogP contribution >= 0.6 is 0 Å². The Hall–Kier alpha value is -1.00. The van der Waals surface area contributed by atoms with E-state index < -0.39 is 17.2 Å². The standard InChI is InChI=1S/C11H15F2NO/c1-11(2,15)7-14-6-8-4-3-5-9(12)10(8)13/h3-5,14-15H,6-7H2,1-2H3. The first-order chi connectivity index (χ1) is 6.90. The number of hydrogen-bond acceptors (Lipinski definition) is 2. The summed E-state index contributed by atoms with van der Waals surface area (Å²) < 4.78 is 25.9. The maximum Gasteiger partial charge on any atom is 0.163 e. The van der Waals surface area contributed by atoms with Crippen molar-refractivity contribution in [2.75, 3.05) is 6.54 Å². The van der Waals surface area contributed by atoms with Crippen LogP contribution in [0.5, 0.6) is 0 Å². The van der Waals surface area contributed by atoms with E-state index in [2.05, 4.69) is 5.32 Å². The Morgan fingerprint density at radius 1 is 1.33 bits per heavy atom. The number of nitrogens with one attached hydrogen (secondary N) is 1. The number of halogens is 2. The third kappa shape index (κ3) is 3.93. The predicted octanol–water partition coefficient (Wildman–Crippen LogP) is 1.83. The quantitative estimate of drug-likeness (QED) is 0.803. The molecule has 0 aliphatic carbocycles. The van der Waals surface area contributed by atoms with Crippen LogP contribution in [-0.4, -0.2) is 17.3 Å². The van der Waals surface area contributed by atoms with Gasteiger partial charge in [-0.2, -0.15) is 0 Å². The molecule has 2 nitrogen and oxygen atoms in total. The maximum absolute atomic E-state index is 13.1. The lowest BCUT2D eigenvalue weighted by atomic mass is 10.1. The predicted molar refractivity (Wildman–Crippen MR) is 54.4 cm³/mol. The highest BCUT2D eigenvalue weighted by atomic mass is 19.2. The zero-order valence-corrected chi connectivity index (χ0v) is 8.85.